The first-order valence-corrected chi connectivity index (χ1v) is 8.61. The van der Waals surface area contributed by atoms with Crippen LogP contribution in [-0.2, 0) is 6.54 Å². The van der Waals surface area contributed by atoms with Crippen LogP contribution in [0.4, 0.5) is 0 Å². The van der Waals surface area contributed by atoms with Crippen LogP contribution in [0.15, 0.2) is 46.9 Å². The largest absolute Gasteiger partial charge is 0.436 e. The first-order chi connectivity index (χ1) is 11.7. The summed E-state index contributed by atoms with van der Waals surface area (Å²) in [6, 6.07) is 13.9. The van der Waals surface area contributed by atoms with Crippen LogP contribution in [0, 0.1) is 0 Å². The van der Waals surface area contributed by atoms with Crippen molar-refractivity contribution in [1.82, 2.24) is 14.8 Å². The van der Waals surface area contributed by atoms with Crippen LogP contribution in [0.3, 0.4) is 0 Å². The van der Waals surface area contributed by atoms with E-state index in [-0.39, 0.29) is 0 Å². The first kappa shape index (κ1) is 15.6. The van der Waals surface area contributed by atoms with E-state index in [4.69, 9.17) is 16.0 Å². The summed E-state index contributed by atoms with van der Waals surface area (Å²) in [5.74, 6) is 0.615. The zero-order valence-electron chi connectivity index (χ0n) is 13.7. The Morgan fingerprint density at radius 3 is 2.71 bits per heavy atom. The normalized spacial score (nSPS) is 16.8. The molecule has 5 heteroatoms. The summed E-state index contributed by atoms with van der Waals surface area (Å²) in [7, 11) is 2.18. The molecule has 1 fully saturated rings. The summed E-state index contributed by atoms with van der Waals surface area (Å²) < 4.78 is 5.88. The molecule has 3 aromatic rings. The number of benzene rings is 2. The molecule has 0 aliphatic carbocycles. The molecular formula is C19H20ClN3O. The van der Waals surface area contributed by atoms with E-state index in [0.717, 1.165) is 49.4 Å². The second kappa shape index (κ2) is 6.55. The third-order valence-corrected chi connectivity index (χ3v) is 4.76. The van der Waals surface area contributed by atoms with Crippen molar-refractivity contribution in [2.75, 3.05) is 33.2 Å². The van der Waals surface area contributed by atoms with Gasteiger partial charge in [-0.2, -0.15) is 0 Å². The molecule has 4 nitrogen and oxygen atoms in total. The molecule has 4 rings (SSSR count). The lowest BCUT2D eigenvalue weighted by Gasteiger charge is -2.32. The lowest BCUT2D eigenvalue weighted by molar-refractivity contribution is 0.148. The van der Waals surface area contributed by atoms with Gasteiger partial charge in [0.05, 0.1) is 0 Å². The average Bonchev–Trinajstić information content (AvgIpc) is 3.00. The highest BCUT2D eigenvalue weighted by atomic mass is 35.5. The fourth-order valence-electron chi connectivity index (χ4n) is 3.08. The van der Waals surface area contributed by atoms with Crippen LogP contribution in [-0.4, -0.2) is 48.0 Å². The van der Waals surface area contributed by atoms with Crippen LogP contribution in [0.1, 0.15) is 5.56 Å². The van der Waals surface area contributed by atoms with Gasteiger partial charge in [-0.1, -0.05) is 23.7 Å². The van der Waals surface area contributed by atoms with Gasteiger partial charge in [0.1, 0.15) is 5.52 Å². The fraction of sp³-hybridized carbons (Fsp3) is 0.316. The molecular weight excluding hydrogens is 322 g/mol. The van der Waals surface area contributed by atoms with Gasteiger partial charge in [0.2, 0.25) is 5.89 Å². The molecule has 0 N–H and O–H groups in total. The summed E-state index contributed by atoms with van der Waals surface area (Å²) >= 11 is 6.06. The molecule has 0 saturated carbocycles. The van der Waals surface area contributed by atoms with Crippen molar-refractivity contribution in [2.24, 2.45) is 0 Å². The van der Waals surface area contributed by atoms with Crippen LogP contribution < -0.4 is 0 Å². The number of oxazole rings is 1. The maximum absolute atomic E-state index is 6.06. The summed E-state index contributed by atoms with van der Waals surface area (Å²) in [4.78, 5) is 9.49. The van der Waals surface area contributed by atoms with Crippen molar-refractivity contribution < 1.29 is 4.42 Å². The minimum atomic E-state index is 0.615. The minimum Gasteiger partial charge on any atom is -0.436 e. The van der Waals surface area contributed by atoms with Crippen LogP contribution in [0.5, 0.6) is 0 Å². The molecule has 124 valence electrons. The Hall–Kier alpha value is -1.88. The van der Waals surface area contributed by atoms with E-state index < -0.39 is 0 Å². The average molecular weight is 342 g/mol. The summed E-state index contributed by atoms with van der Waals surface area (Å²) in [5.41, 5.74) is 3.89. The lowest BCUT2D eigenvalue weighted by atomic mass is 10.2. The van der Waals surface area contributed by atoms with E-state index in [2.05, 4.69) is 34.0 Å². The van der Waals surface area contributed by atoms with Gasteiger partial charge in [0.25, 0.3) is 0 Å². The molecule has 24 heavy (non-hydrogen) atoms. The minimum absolute atomic E-state index is 0.615. The van der Waals surface area contributed by atoms with Gasteiger partial charge in [-0.3, -0.25) is 4.90 Å². The van der Waals surface area contributed by atoms with Crippen molar-refractivity contribution in [3.8, 4) is 11.5 Å². The van der Waals surface area contributed by atoms with E-state index in [1.165, 1.54) is 5.56 Å². The monoisotopic (exact) mass is 341 g/mol. The van der Waals surface area contributed by atoms with Gasteiger partial charge >= 0.3 is 0 Å². The number of piperazine rings is 1. The number of halogens is 1. The Bertz CT molecular complexity index is 853. The quantitative estimate of drug-likeness (QED) is 0.723. The number of hydrogen-bond acceptors (Lipinski definition) is 4. The molecule has 2 aromatic carbocycles. The molecule has 2 heterocycles. The van der Waals surface area contributed by atoms with E-state index in [1.807, 2.05) is 30.3 Å². The maximum atomic E-state index is 6.06. The second-order valence-corrected chi connectivity index (χ2v) is 6.85. The van der Waals surface area contributed by atoms with Crippen molar-refractivity contribution in [1.29, 1.82) is 0 Å². The molecule has 0 atom stereocenters. The third kappa shape index (κ3) is 3.31. The van der Waals surface area contributed by atoms with Crippen LogP contribution >= 0.6 is 11.6 Å². The SMILES string of the molecule is CN1CCN(Cc2ccc3oc(-c4cccc(Cl)c4)nc3c2)CC1. The summed E-state index contributed by atoms with van der Waals surface area (Å²) in [5, 5.41) is 0.686. The Kier molecular flexibility index (Phi) is 4.27. The Balaban J connectivity index is 1.57. The molecule has 0 spiro atoms. The van der Waals surface area contributed by atoms with Crippen LogP contribution in [0.2, 0.25) is 5.02 Å². The molecule has 1 aliphatic rings. The molecule has 0 amide bonds. The molecule has 0 unspecified atom stereocenters. The molecule has 0 bridgehead atoms. The summed E-state index contributed by atoms with van der Waals surface area (Å²) in [6.07, 6.45) is 0. The van der Waals surface area contributed by atoms with Crippen molar-refractivity contribution in [2.45, 2.75) is 6.54 Å². The number of rotatable bonds is 3. The van der Waals surface area contributed by atoms with Crippen LogP contribution in [0.25, 0.3) is 22.6 Å². The Labute approximate surface area is 146 Å². The van der Waals surface area contributed by atoms with Gasteiger partial charge in [-0.05, 0) is 42.9 Å². The predicted octanol–water partition coefficient (Wildman–Crippen LogP) is 3.90. The standard InChI is InChI=1S/C19H20ClN3O/c1-22-7-9-23(10-8-22)13-14-5-6-18-17(11-14)21-19(24-18)15-3-2-4-16(20)12-15/h2-6,11-12H,7-10,13H2,1H3. The van der Waals surface area contributed by atoms with Gasteiger partial charge in [0, 0.05) is 43.3 Å². The topological polar surface area (TPSA) is 32.5 Å². The van der Waals surface area contributed by atoms with Gasteiger partial charge < -0.3 is 9.32 Å². The van der Waals surface area contributed by atoms with Crippen molar-refractivity contribution >= 4 is 22.7 Å². The van der Waals surface area contributed by atoms with Crippen molar-refractivity contribution in [3.05, 3.63) is 53.1 Å². The number of nitrogens with zero attached hydrogens (tertiary/aromatic N) is 3. The summed E-state index contributed by atoms with van der Waals surface area (Å²) in [6.45, 7) is 5.45. The van der Waals surface area contributed by atoms with Gasteiger partial charge in [-0.15, -0.1) is 0 Å². The highest BCUT2D eigenvalue weighted by Crippen LogP contribution is 2.27. The smallest absolute Gasteiger partial charge is 0.227 e. The Morgan fingerprint density at radius 2 is 1.92 bits per heavy atom. The van der Waals surface area contributed by atoms with Gasteiger partial charge in [0.15, 0.2) is 5.58 Å². The van der Waals surface area contributed by atoms with E-state index in [9.17, 15) is 0 Å². The number of hydrogen-bond donors (Lipinski definition) is 0. The lowest BCUT2D eigenvalue weighted by Crippen LogP contribution is -2.43. The maximum Gasteiger partial charge on any atom is 0.227 e. The number of aromatic nitrogens is 1. The zero-order valence-corrected chi connectivity index (χ0v) is 14.5. The number of likely N-dealkylation sites (N-methyl/N-ethyl adjacent to an activating group) is 1. The first-order valence-electron chi connectivity index (χ1n) is 8.24. The van der Waals surface area contributed by atoms with E-state index in [1.54, 1.807) is 0 Å². The second-order valence-electron chi connectivity index (χ2n) is 6.41. The van der Waals surface area contributed by atoms with Crippen molar-refractivity contribution in [3.63, 3.8) is 0 Å². The zero-order chi connectivity index (χ0) is 16.5. The third-order valence-electron chi connectivity index (χ3n) is 4.53. The fourth-order valence-corrected chi connectivity index (χ4v) is 3.27. The molecule has 1 aromatic heterocycles. The number of fused-ring (bicyclic) bond motifs is 1. The van der Waals surface area contributed by atoms with E-state index in [0.29, 0.717) is 10.9 Å². The van der Waals surface area contributed by atoms with E-state index >= 15 is 0 Å². The molecule has 0 radical (unpaired) electrons. The molecule has 1 saturated heterocycles. The molecule has 1 aliphatic heterocycles. The predicted molar refractivity (Wildman–Crippen MR) is 97.2 cm³/mol. The Morgan fingerprint density at radius 1 is 1.08 bits per heavy atom. The highest BCUT2D eigenvalue weighted by molar-refractivity contribution is 6.30. The van der Waals surface area contributed by atoms with Gasteiger partial charge in [-0.25, -0.2) is 4.98 Å². The highest BCUT2D eigenvalue weighted by Gasteiger charge is 2.15.